The van der Waals surface area contributed by atoms with Crippen LogP contribution in [-0.2, 0) is 4.79 Å². The molecular formula is C9H11N3O3. The van der Waals surface area contributed by atoms with Gasteiger partial charge in [-0.2, -0.15) is 0 Å². The zero-order valence-electron chi connectivity index (χ0n) is 8.19. The van der Waals surface area contributed by atoms with Gasteiger partial charge in [-0.05, 0) is 19.2 Å². The van der Waals surface area contributed by atoms with Crippen LogP contribution >= 0.6 is 0 Å². The fourth-order valence-electron chi connectivity index (χ4n) is 1.03. The van der Waals surface area contributed by atoms with Crippen LogP contribution in [-0.4, -0.2) is 24.4 Å². The lowest BCUT2D eigenvalue weighted by atomic mass is 10.3. The maximum absolute atomic E-state index is 11.1. The smallest absolute Gasteiger partial charge is 0.269 e. The van der Waals surface area contributed by atoms with E-state index in [1.165, 1.54) is 24.3 Å². The first-order chi connectivity index (χ1) is 7.13. The standard InChI is InChI=1S/C9H11N3O3/c1-10-6-9(13)11-7-2-4-8(5-3-7)12(14)15/h2-5,10H,6H2,1H3,(H,11,13). The second kappa shape index (κ2) is 5.06. The second-order valence-corrected chi connectivity index (χ2v) is 2.88. The number of likely N-dealkylation sites (N-methyl/N-ethyl adjacent to an activating group) is 1. The molecule has 0 bridgehead atoms. The summed E-state index contributed by atoms with van der Waals surface area (Å²) in [6, 6.07) is 5.67. The molecule has 0 fully saturated rings. The first-order valence-corrected chi connectivity index (χ1v) is 4.32. The van der Waals surface area contributed by atoms with E-state index in [0.717, 1.165) is 0 Å². The van der Waals surface area contributed by atoms with Crippen molar-refractivity contribution in [2.45, 2.75) is 0 Å². The number of carbonyl (C=O) groups excluding carboxylic acids is 1. The normalized spacial score (nSPS) is 9.67. The van der Waals surface area contributed by atoms with Gasteiger partial charge in [-0.25, -0.2) is 0 Å². The highest BCUT2D eigenvalue weighted by Gasteiger charge is 2.05. The fraction of sp³-hybridized carbons (Fsp3) is 0.222. The van der Waals surface area contributed by atoms with E-state index in [0.29, 0.717) is 5.69 Å². The molecule has 0 aliphatic rings. The zero-order chi connectivity index (χ0) is 11.3. The summed E-state index contributed by atoms with van der Waals surface area (Å²) in [6.45, 7) is 0.205. The van der Waals surface area contributed by atoms with Gasteiger partial charge in [0.25, 0.3) is 5.69 Å². The molecule has 1 aromatic carbocycles. The third-order valence-corrected chi connectivity index (χ3v) is 1.70. The molecule has 0 unspecified atom stereocenters. The van der Waals surface area contributed by atoms with E-state index >= 15 is 0 Å². The Morgan fingerprint density at radius 1 is 1.40 bits per heavy atom. The molecule has 6 heteroatoms. The van der Waals surface area contributed by atoms with Gasteiger partial charge in [0.2, 0.25) is 5.91 Å². The predicted molar refractivity (Wildman–Crippen MR) is 55.7 cm³/mol. The Balaban J connectivity index is 2.64. The Kier molecular flexibility index (Phi) is 3.75. The highest BCUT2D eigenvalue weighted by Crippen LogP contribution is 2.14. The molecule has 1 aromatic rings. The highest BCUT2D eigenvalue weighted by molar-refractivity contribution is 5.92. The molecule has 0 spiro atoms. The number of benzene rings is 1. The Morgan fingerprint density at radius 3 is 2.47 bits per heavy atom. The maximum atomic E-state index is 11.1. The highest BCUT2D eigenvalue weighted by atomic mass is 16.6. The van der Waals surface area contributed by atoms with Gasteiger partial charge >= 0.3 is 0 Å². The number of anilines is 1. The van der Waals surface area contributed by atoms with Gasteiger partial charge < -0.3 is 10.6 Å². The van der Waals surface area contributed by atoms with Gasteiger partial charge in [0.15, 0.2) is 0 Å². The number of non-ortho nitro benzene ring substituents is 1. The van der Waals surface area contributed by atoms with Crippen LogP contribution in [0.1, 0.15) is 0 Å². The molecule has 0 aromatic heterocycles. The molecule has 0 atom stereocenters. The molecule has 15 heavy (non-hydrogen) atoms. The second-order valence-electron chi connectivity index (χ2n) is 2.88. The molecule has 0 aliphatic heterocycles. The Hall–Kier alpha value is -1.95. The largest absolute Gasteiger partial charge is 0.325 e. The lowest BCUT2D eigenvalue weighted by Gasteiger charge is -2.03. The lowest BCUT2D eigenvalue weighted by Crippen LogP contribution is -2.24. The topological polar surface area (TPSA) is 84.3 Å². The summed E-state index contributed by atoms with van der Waals surface area (Å²) in [6.07, 6.45) is 0. The number of nitro groups is 1. The maximum Gasteiger partial charge on any atom is 0.269 e. The summed E-state index contributed by atoms with van der Waals surface area (Å²) >= 11 is 0. The molecule has 0 saturated carbocycles. The summed E-state index contributed by atoms with van der Waals surface area (Å²) in [7, 11) is 1.66. The number of nitrogens with one attached hydrogen (secondary N) is 2. The molecule has 6 nitrogen and oxygen atoms in total. The number of carbonyl (C=O) groups is 1. The van der Waals surface area contributed by atoms with Gasteiger partial charge in [0.05, 0.1) is 11.5 Å². The van der Waals surface area contributed by atoms with Crippen molar-refractivity contribution in [2.24, 2.45) is 0 Å². The lowest BCUT2D eigenvalue weighted by molar-refractivity contribution is -0.384. The number of hydrogen-bond acceptors (Lipinski definition) is 4. The average molecular weight is 209 g/mol. The summed E-state index contributed by atoms with van der Waals surface area (Å²) in [4.78, 5) is 21.0. The van der Waals surface area contributed by atoms with Crippen LogP contribution in [0.15, 0.2) is 24.3 Å². The summed E-state index contributed by atoms with van der Waals surface area (Å²) in [5, 5.41) is 15.6. The van der Waals surface area contributed by atoms with Gasteiger partial charge in [-0.15, -0.1) is 0 Å². The van der Waals surface area contributed by atoms with E-state index in [9.17, 15) is 14.9 Å². The SMILES string of the molecule is CNCC(=O)Nc1ccc([N+](=O)[O-])cc1. The molecular weight excluding hydrogens is 198 g/mol. The Morgan fingerprint density at radius 2 is 2.00 bits per heavy atom. The van der Waals surface area contributed by atoms with Crippen LogP contribution in [0.5, 0.6) is 0 Å². The Labute approximate surface area is 86.4 Å². The molecule has 0 radical (unpaired) electrons. The molecule has 1 rings (SSSR count). The number of hydrogen-bond donors (Lipinski definition) is 2. The number of amides is 1. The van der Waals surface area contributed by atoms with Crippen LogP contribution in [0.4, 0.5) is 11.4 Å². The summed E-state index contributed by atoms with van der Waals surface area (Å²) < 4.78 is 0. The zero-order valence-corrected chi connectivity index (χ0v) is 8.19. The van der Waals surface area contributed by atoms with Crippen LogP contribution in [0.3, 0.4) is 0 Å². The minimum absolute atomic E-state index is 0.00150. The monoisotopic (exact) mass is 209 g/mol. The number of nitrogens with zero attached hydrogens (tertiary/aromatic N) is 1. The van der Waals surface area contributed by atoms with Crippen molar-refractivity contribution in [3.05, 3.63) is 34.4 Å². The number of rotatable bonds is 4. The Bertz CT molecular complexity index is 361. The first-order valence-electron chi connectivity index (χ1n) is 4.32. The summed E-state index contributed by atoms with van der Waals surface area (Å²) in [5.41, 5.74) is 0.544. The van der Waals surface area contributed by atoms with E-state index in [4.69, 9.17) is 0 Å². The van der Waals surface area contributed by atoms with Gasteiger partial charge in [-0.1, -0.05) is 0 Å². The molecule has 0 aliphatic carbocycles. The predicted octanol–water partition coefficient (Wildman–Crippen LogP) is 0.753. The fourth-order valence-corrected chi connectivity index (χ4v) is 1.03. The molecule has 2 N–H and O–H groups in total. The van der Waals surface area contributed by atoms with Crippen molar-refractivity contribution in [1.29, 1.82) is 0 Å². The number of nitro benzene ring substituents is 1. The van der Waals surface area contributed by atoms with Crippen LogP contribution in [0, 0.1) is 10.1 Å². The van der Waals surface area contributed by atoms with Crippen LogP contribution in [0.2, 0.25) is 0 Å². The van der Waals surface area contributed by atoms with E-state index in [1.54, 1.807) is 7.05 Å². The van der Waals surface area contributed by atoms with Crippen LogP contribution < -0.4 is 10.6 Å². The van der Waals surface area contributed by atoms with E-state index in [1.807, 2.05) is 0 Å². The quantitative estimate of drug-likeness (QED) is 0.566. The minimum atomic E-state index is -0.487. The van der Waals surface area contributed by atoms with Crippen molar-refractivity contribution in [1.82, 2.24) is 5.32 Å². The van der Waals surface area contributed by atoms with Gasteiger partial charge in [-0.3, -0.25) is 14.9 Å². The van der Waals surface area contributed by atoms with E-state index < -0.39 is 4.92 Å². The molecule has 0 saturated heterocycles. The first kappa shape index (κ1) is 11.1. The van der Waals surface area contributed by atoms with Gasteiger partial charge in [0.1, 0.15) is 0 Å². The van der Waals surface area contributed by atoms with Crippen molar-refractivity contribution >= 4 is 17.3 Å². The van der Waals surface area contributed by atoms with E-state index in [-0.39, 0.29) is 18.1 Å². The minimum Gasteiger partial charge on any atom is -0.325 e. The van der Waals surface area contributed by atoms with E-state index in [2.05, 4.69) is 10.6 Å². The van der Waals surface area contributed by atoms with Gasteiger partial charge in [0, 0.05) is 17.8 Å². The van der Waals surface area contributed by atoms with Crippen molar-refractivity contribution in [3.8, 4) is 0 Å². The third-order valence-electron chi connectivity index (χ3n) is 1.70. The third kappa shape index (κ3) is 3.35. The van der Waals surface area contributed by atoms with Crippen molar-refractivity contribution < 1.29 is 9.72 Å². The molecule has 80 valence electrons. The van der Waals surface area contributed by atoms with Crippen LogP contribution in [0.25, 0.3) is 0 Å². The average Bonchev–Trinajstić information content (AvgIpc) is 2.18. The molecule has 0 heterocycles. The summed E-state index contributed by atoms with van der Waals surface area (Å²) in [5.74, 6) is -0.189. The van der Waals surface area contributed by atoms with Crippen molar-refractivity contribution in [3.63, 3.8) is 0 Å². The van der Waals surface area contributed by atoms with Crippen molar-refractivity contribution in [2.75, 3.05) is 18.9 Å². The molecule has 1 amide bonds.